The van der Waals surface area contributed by atoms with Gasteiger partial charge in [-0.25, -0.2) is 0 Å². The number of piperazine rings is 6. The Morgan fingerprint density at radius 3 is 0.654 bits per heavy atom. The molecule has 0 saturated carbocycles. The molecule has 8 fully saturated rings. The van der Waals surface area contributed by atoms with Gasteiger partial charge in [-0.3, -0.25) is 24.4 Å². The fraction of sp³-hybridized carbons (Fsp3) is 0.962. The zero-order valence-electron chi connectivity index (χ0n) is 74.9. The molecule has 14 atom stereocenters. The summed E-state index contributed by atoms with van der Waals surface area (Å²) in [5, 5.41) is 61.9. The van der Waals surface area contributed by atoms with Crippen LogP contribution in [0.2, 0.25) is 0 Å². The number of alkyl halides is 3. The van der Waals surface area contributed by atoms with E-state index < -0.39 is 0 Å². The minimum Gasteiger partial charge on any atom is -0.870 e. The summed E-state index contributed by atoms with van der Waals surface area (Å²) >= 11 is 9.09. The van der Waals surface area contributed by atoms with Gasteiger partial charge in [-0.15, -0.1) is 6.58 Å². The number of aliphatic hydroxyl groups excluding tert-OH is 6. The molecule has 8 aliphatic heterocycles. The Kier molecular flexibility index (Phi) is 119. The van der Waals surface area contributed by atoms with Crippen LogP contribution < -0.4 is 40.2 Å². The molecule has 8 rings (SSSR count). The third-order valence-corrected chi connectivity index (χ3v) is 18.2. The maximum Gasteiger partial charge on any atom is 1.00 e. The summed E-state index contributed by atoms with van der Waals surface area (Å²) in [5.41, 5.74) is 0. The van der Waals surface area contributed by atoms with Crippen LogP contribution in [0.5, 0.6) is 0 Å². The maximum atomic E-state index is 9.77. The van der Waals surface area contributed by atoms with E-state index in [1.807, 2.05) is 118 Å². The number of epoxide rings is 2. The van der Waals surface area contributed by atoms with Crippen molar-refractivity contribution < 1.29 is 79.9 Å². The molecule has 0 amide bonds. The van der Waals surface area contributed by atoms with E-state index in [2.05, 4.69) is 212 Å². The minimum atomic E-state index is -0.199. The van der Waals surface area contributed by atoms with Crippen LogP contribution in [0, 0.1) is 0 Å². The number of ether oxygens (including phenoxy) is 2. The van der Waals surface area contributed by atoms with Crippen molar-refractivity contribution in [2.24, 2.45) is 0 Å². The third-order valence-electron chi connectivity index (χ3n) is 15.6. The second kappa shape index (κ2) is 94.6. The summed E-state index contributed by atoms with van der Waals surface area (Å²) < 4.78 is 9.42. The number of β-amino-alcohol motifs (C(OH)–C–C–N with tert-alkyl or cyclic N) is 4. The predicted octanol–water partition coefficient (Wildman–Crippen LogP) is 7.31. The number of nitrogens with zero attached hydrogens (tertiary/aromatic N) is 10. The largest absolute Gasteiger partial charge is 1.00 e. The first-order valence-corrected chi connectivity index (χ1v) is 42.9. The average Bonchev–Trinajstić information content (AvgIpc) is 1.40. The van der Waals surface area contributed by atoms with E-state index in [9.17, 15) is 25.2 Å². The third kappa shape index (κ3) is 101. The zero-order chi connectivity index (χ0) is 82.1. The van der Waals surface area contributed by atoms with E-state index in [-0.39, 0.29) is 77.4 Å². The van der Waals surface area contributed by atoms with Crippen LogP contribution in [0.4, 0.5) is 0 Å². The molecule has 8 aliphatic rings. The molecule has 9 N–H and O–H groups in total. The summed E-state index contributed by atoms with van der Waals surface area (Å²) in [6, 6.07) is 3.94. The molecule has 0 unspecified atom stereocenters. The van der Waals surface area contributed by atoms with Crippen molar-refractivity contribution >= 4 is 53.6 Å². The van der Waals surface area contributed by atoms with Crippen LogP contribution in [0.15, 0.2) is 12.7 Å². The first kappa shape index (κ1) is 131. The van der Waals surface area contributed by atoms with Gasteiger partial charge in [0.25, 0.3) is 0 Å². The molecule has 104 heavy (non-hydrogen) atoms. The Labute approximate surface area is 695 Å². The molecule has 0 aromatic carbocycles. The molecule has 0 radical (unpaired) electrons. The maximum absolute atomic E-state index is 9.77. The summed E-state index contributed by atoms with van der Waals surface area (Å²) in [6.45, 7) is 84.6. The van der Waals surface area contributed by atoms with Gasteiger partial charge in [-0.05, 0) is 153 Å². The molecule has 8 heterocycles. The Bertz CT molecular complexity index is 1440. The van der Waals surface area contributed by atoms with Gasteiger partial charge in [-0.1, -0.05) is 137 Å². The van der Waals surface area contributed by atoms with Crippen molar-refractivity contribution in [2.45, 2.75) is 279 Å². The minimum absolute atomic E-state index is 0. The molecule has 0 bridgehead atoms. The molecule has 26 heteroatoms. The molecular formula is C78H182Br3N12NaO10. The van der Waals surface area contributed by atoms with Crippen LogP contribution in [0.3, 0.4) is 0 Å². The van der Waals surface area contributed by atoms with E-state index in [0.717, 1.165) is 156 Å². The van der Waals surface area contributed by atoms with Crippen molar-refractivity contribution in [1.29, 1.82) is 0 Å². The second-order valence-electron chi connectivity index (χ2n) is 26.4. The first-order valence-electron chi connectivity index (χ1n) is 39.6. The number of nitrogens with one attached hydrogen (secondary N) is 2. The SMILES string of the molecule is C=CC.CC.CC.CC.CC.CC.CC.CC(=O)CBr.C[C@@H](O)CBr.C[C@@H](O)CN1CCN(C)[C@@H](C)C1.C[C@@H]1CN(C[C@@H](C)O)CCN1C.C[C@@H]1CNCCN1C.C[C@@H]1CO1.C[C@H](O)CBr.C[C@H](O)CN1CCN(C)[C@@H](C)C1.C[C@H](O)CN1CCN(C)[C@H](C)C1.C[C@H]1CNCCN1C.C[C@H]1CO1.[Na+].[OH-]. The van der Waals surface area contributed by atoms with Crippen molar-refractivity contribution in [3.8, 4) is 0 Å². The number of aliphatic hydroxyl groups is 6. The van der Waals surface area contributed by atoms with Crippen LogP contribution in [-0.2, 0) is 14.3 Å². The number of carbonyl (C=O) groups is 1. The summed E-state index contributed by atoms with van der Waals surface area (Å²) in [6.07, 6.45) is 1.74. The predicted molar refractivity (Wildman–Crippen MR) is 463 cm³/mol. The van der Waals surface area contributed by atoms with E-state index >= 15 is 0 Å². The van der Waals surface area contributed by atoms with Gasteiger partial charge in [0.15, 0.2) is 0 Å². The number of hydrogen-bond acceptors (Lipinski definition) is 22. The number of ketones is 1. The van der Waals surface area contributed by atoms with Crippen molar-refractivity contribution in [3.05, 3.63) is 12.7 Å². The smallest absolute Gasteiger partial charge is 0.870 e. The normalized spacial score (nSPS) is 24.5. The Morgan fingerprint density at radius 1 is 0.413 bits per heavy atom. The van der Waals surface area contributed by atoms with Gasteiger partial charge >= 0.3 is 29.6 Å². The average molecular weight is 1710 g/mol. The van der Waals surface area contributed by atoms with E-state index in [0.29, 0.717) is 52.4 Å². The van der Waals surface area contributed by atoms with Gasteiger partial charge < -0.3 is 85.6 Å². The quantitative estimate of drug-likeness (QED) is 0.0437. The molecular weight excluding hydrogens is 1530 g/mol. The summed E-state index contributed by atoms with van der Waals surface area (Å²) in [4.78, 5) is 33.3. The summed E-state index contributed by atoms with van der Waals surface area (Å²) in [7, 11) is 13.0. The number of likely N-dealkylation sites (N-methyl/N-ethyl adjacent to an activating group) is 6. The molecule has 0 aromatic rings. The van der Waals surface area contributed by atoms with Gasteiger partial charge in [0.2, 0.25) is 0 Å². The molecule has 0 aromatic heterocycles. The van der Waals surface area contributed by atoms with Gasteiger partial charge in [0.1, 0.15) is 5.78 Å². The van der Waals surface area contributed by atoms with Crippen LogP contribution in [0.25, 0.3) is 0 Å². The molecule has 636 valence electrons. The van der Waals surface area contributed by atoms with Crippen molar-refractivity contribution in [3.63, 3.8) is 0 Å². The summed E-state index contributed by atoms with van der Waals surface area (Å²) in [5.74, 6) is 0.171. The van der Waals surface area contributed by atoms with E-state index in [1.165, 1.54) is 20.0 Å². The molecule has 22 nitrogen and oxygen atoms in total. The first-order chi connectivity index (χ1) is 48.0. The topological polar surface area (TPSA) is 250 Å². The standard InChI is InChI=1S/4C9H20N2O.2C6H14N2.2C3H7BrO.C3H5BrO.2C3H6O.C3H6.6C2H6.Na.H2O/c4*1-8-6-11(7-9(2)12)5-4-10(8)3;2*1-6-5-7-3-4-8(6)2;3*1-3(5)2-4;2*1-3-2-4-3;1-3-2;6*1-2;;/h4*8-9,12H,4-7H2,1-3H3;2*6-7H,3-5H2,1-2H3;2*3,5H,2H2,1H3;2H2,1H3;2*3H,2H2,1H3;3H,1H2,2H3;6*1-2H3;;1H2/q;;;;;;;;;;;;;;;;;;+1;/p-1/t2*8-,9+;2*8-,9-;2*6-;2*3-;;2*3-;;;;;;;;;/m10101010.10........./s1. The van der Waals surface area contributed by atoms with E-state index in [1.54, 1.807) is 19.9 Å². The number of halogens is 3. The van der Waals surface area contributed by atoms with Crippen molar-refractivity contribution in [2.75, 3.05) is 215 Å². The number of allylic oxidation sites excluding steroid dienone is 1. The molecule has 0 aliphatic carbocycles. The zero-order valence-corrected chi connectivity index (χ0v) is 81.7. The van der Waals surface area contributed by atoms with Gasteiger partial charge in [0.05, 0.1) is 67.4 Å². The number of hydrogen-bond donors (Lipinski definition) is 8. The number of rotatable bonds is 11. The monoisotopic (exact) mass is 1710 g/mol. The van der Waals surface area contributed by atoms with Crippen LogP contribution in [0.1, 0.15) is 194 Å². The van der Waals surface area contributed by atoms with Crippen LogP contribution >= 0.6 is 47.8 Å². The Balaban J connectivity index is -0.0000000891. The molecule has 0 spiro atoms. The number of carbonyl (C=O) groups excluding carboxylic acids is 1. The van der Waals surface area contributed by atoms with E-state index in [4.69, 9.17) is 19.7 Å². The van der Waals surface area contributed by atoms with Crippen molar-refractivity contribution in [1.82, 2.24) is 59.6 Å². The van der Waals surface area contributed by atoms with Gasteiger partial charge in [-0.2, -0.15) is 0 Å². The Morgan fingerprint density at radius 2 is 0.567 bits per heavy atom. The number of Topliss-reactive ketones (excluding diaryl/α,β-unsaturated/α-hetero) is 1. The Hall–Kier alpha value is 1.01. The second-order valence-corrected chi connectivity index (χ2v) is 28.2. The van der Waals surface area contributed by atoms with Crippen LogP contribution in [-0.4, -0.2) is 391 Å². The molecule has 8 saturated heterocycles. The van der Waals surface area contributed by atoms with Gasteiger partial charge in [0, 0.05) is 191 Å². The fourth-order valence-corrected chi connectivity index (χ4v) is 8.73. The fourth-order valence-electron chi connectivity index (χ4n) is 8.73.